The van der Waals surface area contributed by atoms with Crippen LogP contribution in [0, 0.1) is 11.6 Å². The van der Waals surface area contributed by atoms with Crippen molar-refractivity contribution in [1.82, 2.24) is 9.38 Å². The van der Waals surface area contributed by atoms with Crippen LogP contribution in [0.4, 0.5) is 14.5 Å². The summed E-state index contributed by atoms with van der Waals surface area (Å²) < 4.78 is 29.3. The van der Waals surface area contributed by atoms with E-state index in [1.165, 1.54) is 23.0 Å². The van der Waals surface area contributed by atoms with E-state index >= 15 is 0 Å². The molecule has 0 spiro atoms. The number of halogens is 2. The summed E-state index contributed by atoms with van der Waals surface area (Å²) in [7, 11) is 0. The zero-order valence-corrected chi connectivity index (χ0v) is 15.9. The van der Waals surface area contributed by atoms with Gasteiger partial charge >= 0.3 is 0 Å². The smallest absolute Gasteiger partial charge is 0.230 e. The van der Waals surface area contributed by atoms with Gasteiger partial charge in [0.2, 0.25) is 5.91 Å². The first-order valence-electron chi connectivity index (χ1n) is 8.84. The van der Waals surface area contributed by atoms with Gasteiger partial charge in [-0.2, -0.15) is 0 Å². The summed E-state index contributed by atoms with van der Waals surface area (Å²) in [5, 5.41) is 4.14. The molecule has 2 heterocycles. The maximum absolute atomic E-state index is 13.7. The molecule has 1 amide bonds. The molecule has 7 heteroatoms. The second-order valence-electron chi connectivity index (χ2n) is 6.38. The minimum absolute atomic E-state index is 0.0155. The van der Waals surface area contributed by atoms with Gasteiger partial charge in [-0.05, 0) is 24.1 Å². The van der Waals surface area contributed by atoms with Gasteiger partial charge in [-0.1, -0.05) is 37.3 Å². The number of carbonyl (C=O) groups excluding carboxylic acids is 1. The van der Waals surface area contributed by atoms with Gasteiger partial charge in [-0.15, -0.1) is 11.3 Å². The van der Waals surface area contributed by atoms with Crippen LogP contribution in [-0.2, 0) is 17.6 Å². The molecule has 4 aromatic rings. The van der Waals surface area contributed by atoms with Gasteiger partial charge in [0.25, 0.3) is 0 Å². The summed E-state index contributed by atoms with van der Waals surface area (Å²) in [6, 6.07) is 11.7. The van der Waals surface area contributed by atoms with E-state index in [0.717, 1.165) is 34.8 Å². The van der Waals surface area contributed by atoms with Gasteiger partial charge < -0.3 is 5.32 Å². The molecule has 0 atom stereocenters. The predicted molar refractivity (Wildman–Crippen MR) is 107 cm³/mol. The van der Waals surface area contributed by atoms with E-state index in [9.17, 15) is 13.6 Å². The van der Waals surface area contributed by atoms with Crippen LogP contribution in [0.5, 0.6) is 0 Å². The molecule has 0 fully saturated rings. The lowest BCUT2D eigenvalue weighted by Crippen LogP contribution is -2.17. The van der Waals surface area contributed by atoms with Crippen molar-refractivity contribution in [2.24, 2.45) is 0 Å². The van der Waals surface area contributed by atoms with Crippen molar-refractivity contribution in [2.75, 3.05) is 5.32 Å². The Morgan fingerprint density at radius 3 is 2.54 bits per heavy atom. The number of fused-ring (bicyclic) bond motifs is 1. The monoisotopic (exact) mass is 397 g/mol. The molecule has 142 valence electrons. The van der Waals surface area contributed by atoms with Gasteiger partial charge in [0, 0.05) is 22.8 Å². The lowest BCUT2D eigenvalue weighted by Gasteiger charge is -2.07. The highest BCUT2D eigenvalue weighted by Crippen LogP contribution is 2.25. The number of thiazole rings is 1. The molecule has 0 saturated carbocycles. The topological polar surface area (TPSA) is 46.4 Å². The molecule has 0 saturated heterocycles. The molecule has 4 nitrogen and oxygen atoms in total. The number of aryl methyl sites for hydroxylation is 1. The highest BCUT2D eigenvalue weighted by Gasteiger charge is 2.15. The first-order valence-corrected chi connectivity index (χ1v) is 9.71. The summed E-state index contributed by atoms with van der Waals surface area (Å²) in [6.07, 6.45) is 2.83. The van der Waals surface area contributed by atoms with Crippen LogP contribution >= 0.6 is 11.3 Å². The number of nitrogens with zero attached hydrogens (tertiary/aromatic N) is 2. The van der Waals surface area contributed by atoms with E-state index < -0.39 is 23.2 Å². The Kier molecular flexibility index (Phi) is 4.92. The Bertz CT molecular complexity index is 1130. The van der Waals surface area contributed by atoms with Crippen LogP contribution in [0.1, 0.15) is 18.2 Å². The molecule has 1 N–H and O–H groups in total. The second-order valence-corrected chi connectivity index (χ2v) is 7.21. The number of rotatable bonds is 5. The fourth-order valence-corrected chi connectivity index (χ4v) is 3.85. The zero-order chi connectivity index (χ0) is 19.7. The van der Waals surface area contributed by atoms with Crippen LogP contribution in [0.15, 0.2) is 54.0 Å². The second kappa shape index (κ2) is 7.52. The average Bonchev–Trinajstić information content (AvgIpc) is 3.27. The minimum Gasteiger partial charge on any atom is -0.321 e. The Morgan fingerprint density at radius 2 is 1.86 bits per heavy atom. The molecule has 0 radical (unpaired) electrons. The average molecular weight is 397 g/mol. The van der Waals surface area contributed by atoms with Crippen molar-refractivity contribution >= 4 is 27.9 Å². The standard InChI is InChI=1S/C21H17F2N3OS/c1-2-13-6-8-14(9-7-13)18-11-26-15(12-28-21(26)24-18)10-19(27)25-20-16(22)4-3-5-17(20)23/h3-9,11-12H,2,10H2,1H3,(H,25,27). The van der Waals surface area contributed by atoms with Crippen molar-refractivity contribution in [1.29, 1.82) is 0 Å². The number of amides is 1. The number of aromatic nitrogens is 2. The number of carbonyl (C=O) groups is 1. The predicted octanol–water partition coefficient (Wildman–Crippen LogP) is 5.08. The molecule has 2 aromatic heterocycles. The maximum atomic E-state index is 13.7. The summed E-state index contributed by atoms with van der Waals surface area (Å²) in [4.78, 5) is 17.7. The fraction of sp³-hybridized carbons (Fsp3) is 0.143. The van der Waals surface area contributed by atoms with Gasteiger partial charge in [0.15, 0.2) is 4.96 Å². The highest BCUT2D eigenvalue weighted by molar-refractivity contribution is 7.15. The molecule has 0 aliphatic carbocycles. The number of benzene rings is 2. The number of nitrogens with one attached hydrogen (secondary N) is 1. The van der Waals surface area contributed by atoms with Gasteiger partial charge in [-0.3, -0.25) is 9.20 Å². The maximum Gasteiger partial charge on any atom is 0.230 e. The van der Waals surface area contributed by atoms with Crippen molar-refractivity contribution < 1.29 is 13.6 Å². The fourth-order valence-electron chi connectivity index (χ4n) is 2.97. The summed E-state index contributed by atoms with van der Waals surface area (Å²) in [6.45, 7) is 2.10. The first kappa shape index (κ1) is 18.3. The van der Waals surface area contributed by atoms with Crippen molar-refractivity contribution in [3.8, 4) is 11.3 Å². The number of anilines is 1. The Hall–Kier alpha value is -3.06. The largest absolute Gasteiger partial charge is 0.321 e. The van der Waals surface area contributed by atoms with E-state index in [-0.39, 0.29) is 6.42 Å². The highest BCUT2D eigenvalue weighted by atomic mass is 32.1. The summed E-state index contributed by atoms with van der Waals surface area (Å²) in [5.41, 5.74) is 3.34. The Balaban J connectivity index is 1.56. The quantitative estimate of drug-likeness (QED) is 0.510. The third kappa shape index (κ3) is 3.53. The molecule has 4 rings (SSSR count). The van der Waals surface area contributed by atoms with E-state index in [1.807, 2.05) is 28.1 Å². The van der Waals surface area contributed by atoms with E-state index in [0.29, 0.717) is 5.69 Å². The Morgan fingerprint density at radius 1 is 1.14 bits per heavy atom. The first-order chi connectivity index (χ1) is 13.5. The van der Waals surface area contributed by atoms with E-state index in [2.05, 4.69) is 29.4 Å². The van der Waals surface area contributed by atoms with Gasteiger partial charge in [0.1, 0.15) is 17.3 Å². The Labute approximate surface area is 164 Å². The normalized spacial score (nSPS) is 11.1. The third-order valence-corrected chi connectivity index (χ3v) is 5.40. The molecule has 2 aromatic carbocycles. The molecular weight excluding hydrogens is 380 g/mol. The zero-order valence-electron chi connectivity index (χ0n) is 15.1. The molecule has 0 bridgehead atoms. The van der Waals surface area contributed by atoms with Crippen LogP contribution in [-0.4, -0.2) is 15.3 Å². The lowest BCUT2D eigenvalue weighted by molar-refractivity contribution is -0.115. The van der Waals surface area contributed by atoms with Crippen LogP contribution in [0.2, 0.25) is 0 Å². The van der Waals surface area contributed by atoms with Crippen LogP contribution < -0.4 is 5.32 Å². The van der Waals surface area contributed by atoms with Crippen molar-refractivity contribution in [2.45, 2.75) is 19.8 Å². The van der Waals surface area contributed by atoms with Crippen LogP contribution in [0.25, 0.3) is 16.2 Å². The summed E-state index contributed by atoms with van der Waals surface area (Å²) in [5.74, 6) is -2.10. The van der Waals surface area contributed by atoms with Crippen molar-refractivity contribution in [3.63, 3.8) is 0 Å². The lowest BCUT2D eigenvalue weighted by atomic mass is 10.1. The van der Waals surface area contributed by atoms with Crippen molar-refractivity contribution in [3.05, 3.63) is 76.9 Å². The van der Waals surface area contributed by atoms with Gasteiger partial charge in [0.05, 0.1) is 12.1 Å². The number of para-hydroxylation sites is 1. The summed E-state index contributed by atoms with van der Waals surface area (Å²) >= 11 is 1.42. The van der Waals surface area contributed by atoms with E-state index in [4.69, 9.17) is 0 Å². The molecular formula is C21H17F2N3OS. The molecule has 28 heavy (non-hydrogen) atoms. The number of hydrogen-bond acceptors (Lipinski definition) is 3. The third-order valence-electron chi connectivity index (χ3n) is 4.51. The van der Waals surface area contributed by atoms with Crippen LogP contribution in [0.3, 0.4) is 0 Å². The minimum atomic E-state index is -0.802. The molecule has 0 unspecified atom stereocenters. The molecule has 0 aliphatic heterocycles. The van der Waals surface area contributed by atoms with Gasteiger partial charge in [-0.25, -0.2) is 13.8 Å². The molecule has 0 aliphatic rings. The van der Waals surface area contributed by atoms with E-state index in [1.54, 1.807) is 0 Å². The number of hydrogen-bond donors (Lipinski definition) is 1. The SMILES string of the molecule is CCc1ccc(-c2cn3c(CC(=O)Nc4c(F)cccc4F)csc3n2)cc1. The number of imidazole rings is 1.